The van der Waals surface area contributed by atoms with Crippen LogP contribution in [0.25, 0.3) is 0 Å². The first kappa shape index (κ1) is 16.1. The molecule has 0 saturated heterocycles. The first-order chi connectivity index (χ1) is 8.11. The standard InChI is InChI=1S/C11H14Cl2N2OS.ClH/c12-9-4-7(10(13)17-9)11(16)15-8-3-1-2-6(8)5-14;/h4,6,8H,1-3,5,14H2,(H,15,16);1H. The van der Waals surface area contributed by atoms with Gasteiger partial charge in [0.25, 0.3) is 5.91 Å². The molecule has 0 spiro atoms. The average Bonchev–Trinajstić information content (AvgIpc) is 2.84. The smallest absolute Gasteiger partial charge is 0.253 e. The molecule has 3 nitrogen and oxygen atoms in total. The van der Waals surface area contributed by atoms with Crippen molar-refractivity contribution in [2.45, 2.75) is 25.3 Å². The minimum absolute atomic E-state index is 0. The molecule has 2 rings (SSSR count). The zero-order valence-corrected chi connectivity index (χ0v) is 12.8. The number of nitrogens with one attached hydrogen (secondary N) is 1. The highest BCUT2D eigenvalue weighted by molar-refractivity contribution is 7.20. The summed E-state index contributed by atoms with van der Waals surface area (Å²) in [7, 11) is 0. The Morgan fingerprint density at radius 3 is 2.78 bits per heavy atom. The Morgan fingerprint density at radius 1 is 1.50 bits per heavy atom. The summed E-state index contributed by atoms with van der Waals surface area (Å²) in [6.07, 6.45) is 3.19. The number of carbonyl (C=O) groups excluding carboxylic acids is 1. The van der Waals surface area contributed by atoms with Crippen molar-refractivity contribution in [2.75, 3.05) is 6.54 Å². The third-order valence-corrected chi connectivity index (χ3v) is 4.67. The lowest BCUT2D eigenvalue weighted by atomic mass is 10.0. The normalized spacial score (nSPS) is 22.6. The van der Waals surface area contributed by atoms with Gasteiger partial charge in [-0.15, -0.1) is 23.7 Å². The minimum atomic E-state index is -0.150. The fourth-order valence-electron chi connectivity index (χ4n) is 2.25. The lowest BCUT2D eigenvalue weighted by molar-refractivity contribution is 0.0929. The predicted octanol–water partition coefficient (Wildman–Crippen LogP) is 3.33. The second-order valence-corrected chi connectivity index (χ2v) is 6.53. The third-order valence-electron chi connectivity index (χ3n) is 3.18. The van der Waals surface area contributed by atoms with E-state index in [2.05, 4.69) is 5.32 Å². The molecule has 1 saturated carbocycles. The first-order valence-electron chi connectivity index (χ1n) is 5.57. The Bertz CT molecular complexity index is 424. The first-order valence-corrected chi connectivity index (χ1v) is 7.15. The number of carbonyl (C=O) groups is 1. The lowest BCUT2D eigenvalue weighted by Crippen LogP contribution is -2.39. The molecule has 1 aromatic heterocycles. The Kier molecular flexibility index (Phi) is 6.21. The summed E-state index contributed by atoms with van der Waals surface area (Å²) < 4.78 is 0.969. The van der Waals surface area contributed by atoms with Gasteiger partial charge in [-0.05, 0) is 31.4 Å². The van der Waals surface area contributed by atoms with Gasteiger partial charge in [-0.3, -0.25) is 4.79 Å². The van der Waals surface area contributed by atoms with Gasteiger partial charge in [0.05, 0.1) is 9.90 Å². The van der Waals surface area contributed by atoms with Gasteiger partial charge in [0, 0.05) is 6.04 Å². The SMILES string of the molecule is Cl.NCC1CCCC1NC(=O)c1cc(Cl)sc1Cl. The summed E-state index contributed by atoms with van der Waals surface area (Å²) in [4.78, 5) is 12.0. The highest BCUT2D eigenvalue weighted by Crippen LogP contribution is 2.32. The summed E-state index contributed by atoms with van der Waals surface area (Å²) in [6.45, 7) is 0.614. The Balaban J connectivity index is 0.00000162. The van der Waals surface area contributed by atoms with Crippen LogP contribution in [0.3, 0.4) is 0 Å². The number of nitrogens with two attached hydrogens (primary N) is 1. The van der Waals surface area contributed by atoms with E-state index in [1.54, 1.807) is 6.07 Å². The number of hydrogen-bond donors (Lipinski definition) is 2. The third kappa shape index (κ3) is 3.52. The zero-order chi connectivity index (χ0) is 12.4. The summed E-state index contributed by atoms with van der Waals surface area (Å²) in [6, 6.07) is 1.78. The molecule has 1 heterocycles. The molecule has 3 N–H and O–H groups in total. The van der Waals surface area contributed by atoms with Crippen LogP contribution in [-0.2, 0) is 0 Å². The molecule has 0 aliphatic heterocycles. The van der Waals surface area contributed by atoms with Gasteiger partial charge in [0.1, 0.15) is 4.34 Å². The maximum atomic E-state index is 12.0. The fourth-order valence-corrected chi connectivity index (χ4v) is 3.71. The number of thiophene rings is 1. The topological polar surface area (TPSA) is 55.1 Å². The molecular weight excluding hydrogens is 315 g/mol. The van der Waals surface area contributed by atoms with Gasteiger partial charge in [-0.25, -0.2) is 0 Å². The minimum Gasteiger partial charge on any atom is -0.349 e. The molecule has 1 aromatic rings. The summed E-state index contributed by atoms with van der Waals surface area (Å²) in [5.74, 6) is 0.232. The van der Waals surface area contributed by atoms with Crippen LogP contribution in [0.2, 0.25) is 8.67 Å². The molecule has 1 fully saturated rings. The molecule has 102 valence electrons. The quantitative estimate of drug-likeness (QED) is 0.893. The second kappa shape index (κ2) is 6.96. The molecule has 2 atom stereocenters. The van der Waals surface area contributed by atoms with Crippen LogP contribution in [0.15, 0.2) is 6.07 Å². The maximum Gasteiger partial charge on any atom is 0.253 e. The molecule has 1 aliphatic carbocycles. The monoisotopic (exact) mass is 328 g/mol. The summed E-state index contributed by atoms with van der Waals surface area (Å²) >= 11 is 13.0. The number of rotatable bonds is 3. The summed E-state index contributed by atoms with van der Waals surface area (Å²) in [5.41, 5.74) is 6.14. The van der Waals surface area contributed by atoms with Crippen LogP contribution in [0.5, 0.6) is 0 Å². The molecule has 0 bridgehead atoms. The average molecular weight is 330 g/mol. The van der Waals surface area contributed by atoms with Gasteiger partial charge < -0.3 is 11.1 Å². The van der Waals surface area contributed by atoms with E-state index in [-0.39, 0.29) is 24.4 Å². The highest BCUT2D eigenvalue weighted by atomic mass is 35.5. The van der Waals surface area contributed by atoms with Crippen molar-refractivity contribution in [2.24, 2.45) is 11.7 Å². The number of halogens is 3. The maximum absolute atomic E-state index is 12.0. The van der Waals surface area contributed by atoms with Crippen molar-refractivity contribution in [3.8, 4) is 0 Å². The number of amides is 1. The van der Waals surface area contributed by atoms with Crippen molar-refractivity contribution in [1.82, 2.24) is 5.32 Å². The van der Waals surface area contributed by atoms with E-state index in [0.29, 0.717) is 26.7 Å². The number of hydrogen-bond acceptors (Lipinski definition) is 3. The van der Waals surface area contributed by atoms with Crippen LogP contribution < -0.4 is 11.1 Å². The van der Waals surface area contributed by atoms with Crippen LogP contribution in [0, 0.1) is 5.92 Å². The van der Waals surface area contributed by atoms with Crippen molar-refractivity contribution in [3.63, 3.8) is 0 Å². The van der Waals surface area contributed by atoms with Crippen LogP contribution in [0.4, 0.5) is 0 Å². The summed E-state index contributed by atoms with van der Waals surface area (Å²) in [5, 5.41) is 2.99. The van der Waals surface area contributed by atoms with Crippen LogP contribution in [-0.4, -0.2) is 18.5 Å². The van der Waals surface area contributed by atoms with E-state index >= 15 is 0 Å². The van der Waals surface area contributed by atoms with E-state index in [0.717, 1.165) is 19.3 Å². The van der Waals surface area contributed by atoms with Crippen molar-refractivity contribution in [3.05, 3.63) is 20.3 Å². The van der Waals surface area contributed by atoms with Crippen molar-refractivity contribution < 1.29 is 4.79 Å². The van der Waals surface area contributed by atoms with Gasteiger partial charge in [-0.2, -0.15) is 0 Å². The van der Waals surface area contributed by atoms with Gasteiger partial charge in [0.2, 0.25) is 0 Å². The zero-order valence-electron chi connectivity index (χ0n) is 9.62. The Hall–Kier alpha value is -0.0000000000000000555. The van der Waals surface area contributed by atoms with Gasteiger partial charge >= 0.3 is 0 Å². The van der Waals surface area contributed by atoms with Crippen LogP contribution in [0.1, 0.15) is 29.6 Å². The Labute approximate surface area is 126 Å². The van der Waals surface area contributed by atoms with E-state index in [1.807, 2.05) is 0 Å². The molecule has 0 radical (unpaired) electrons. The predicted molar refractivity (Wildman–Crippen MR) is 79.2 cm³/mol. The van der Waals surface area contributed by atoms with Crippen LogP contribution >= 0.6 is 46.9 Å². The van der Waals surface area contributed by atoms with Gasteiger partial charge in [-0.1, -0.05) is 29.6 Å². The van der Waals surface area contributed by atoms with E-state index < -0.39 is 0 Å². The Morgan fingerprint density at radius 2 is 2.22 bits per heavy atom. The molecule has 1 aliphatic rings. The molecular formula is C11H15Cl3N2OS. The molecule has 7 heteroatoms. The lowest BCUT2D eigenvalue weighted by Gasteiger charge is -2.19. The fraction of sp³-hybridized carbons (Fsp3) is 0.545. The van der Waals surface area contributed by atoms with Crippen molar-refractivity contribution >= 4 is 52.9 Å². The van der Waals surface area contributed by atoms with E-state index in [1.165, 1.54) is 11.3 Å². The van der Waals surface area contributed by atoms with Crippen molar-refractivity contribution in [1.29, 1.82) is 0 Å². The molecule has 0 aromatic carbocycles. The molecule has 1 amide bonds. The van der Waals surface area contributed by atoms with Gasteiger partial charge in [0.15, 0.2) is 0 Å². The molecule has 18 heavy (non-hydrogen) atoms. The van der Waals surface area contributed by atoms with E-state index in [9.17, 15) is 4.79 Å². The largest absolute Gasteiger partial charge is 0.349 e. The van der Waals surface area contributed by atoms with E-state index in [4.69, 9.17) is 28.9 Å². The second-order valence-electron chi connectivity index (χ2n) is 4.24. The molecule has 2 unspecified atom stereocenters. The highest BCUT2D eigenvalue weighted by Gasteiger charge is 2.28.